The van der Waals surface area contributed by atoms with Gasteiger partial charge in [0.2, 0.25) is 0 Å². The molecule has 2 N–H and O–H groups in total. The van der Waals surface area contributed by atoms with E-state index >= 15 is 0 Å². The second-order valence-corrected chi connectivity index (χ2v) is 4.15. The number of aromatic nitrogens is 2. The first kappa shape index (κ1) is 12.0. The quantitative estimate of drug-likeness (QED) is 0.672. The van der Waals surface area contributed by atoms with Gasteiger partial charge in [-0.25, -0.2) is 0 Å². The molecule has 0 aliphatic rings. The molecular weight excluding hydrogens is 188 g/mol. The van der Waals surface area contributed by atoms with Gasteiger partial charge in [-0.05, 0) is 19.4 Å². The fraction of sp³-hybridized carbons (Fsp3) is 0.727. The molecule has 0 saturated heterocycles. The Hall–Kier alpha value is -1.03. The van der Waals surface area contributed by atoms with E-state index in [-0.39, 0.29) is 0 Å². The van der Waals surface area contributed by atoms with Gasteiger partial charge >= 0.3 is 0 Å². The molecule has 0 amide bonds. The SMILES string of the molecule is CC(C)NCCCCNc1cnn(C)c1. The number of nitrogens with zero attached hydrogens (tertiary/aromatic N) is 2. The van der Waals surface area contributed by atoms with Crippen LogP contribution in [-0.2, 0) is 7.05 Å². The second-order valence-electron chi connectivity index (χ2n) is 4.15. The topological polar surface area (TPSA) is 41.9 Å². The molecule has 1 aromatic heterocycles. The van der Waals surface area contributed by atoms with Crippen molar-refractivity contribution < 1.29 is 0 Å². The van der Waals surface area contributed by atoms with Crippen molar-refractivity contribution >= 4 is 5.69 Å². The standard InChI is InChI=1S/C11H22N4/c1-10(2)12-6-4-5-7-13-11-8-14-15(3)9-11/h8-10,12-13H,4-7H2,1-3H3. The summed E-state index contributed by atoms with van der Waals surface area (Å²) < 4.78 is 1.81. The lowest BCUT2D eigenvalue weighted by Crippen LogP contribution is -2.23. The van der Waals surface area contributed by atoms with Crippen LogP contribution in [0.25, 0.3) is 0 Å². The Morgan fingerprint density at radius 3 is 2.67 bits per heavy atom. The van der Waals surface area contributed by atoms with Gasteiger partial charge in [-0.1, -0.05) is 13.8 Å². The van der Waals surface area contributed by atoms with Crippen molar-refractivity contribution in [3.05, 3.63) is 12.4 Å². The minimum absolute atomic E-state index is 0.594. The molecule has 1 rings (SSSR count). The van der Waals surface area contributed by atoms with Gasteiger partial charge in [0.05, 0.1) is 11.9 Å². The van der Waals surface area contributed by atoms with E-state index < -0.39 is 0 Å². The van der Waals surface area contributed by atoms with Crippen LogP contribution in [0.15, 0.2) is 12.4 Å². The number of nitrogens with one attached hydrogen (secondary N) is 2. The summed E-state index contributed by atoms with van der Waals surface area (Å²) in [5.41, 5.74) is 1.11. The molecule has 0 spiro atoms. The van der Waals surface area contributed by atoms with Crippen LogP contribution in [0.4, 0.5) is 5.69 Å². The first-order valence-electron chi connectivity index (χ1n) is 5.64. The number of rotatable bonds is 7. The largest absolute Gasteiger partial charge is 0.383 e. The Kier molecular flexibility index (Phi) is 5.18. The molecule has 0 aromatic carbocycles. The van der Waals surface area contributed by atoms with Crippen LogP contribution < -0.4 is 10.6 Å². The van der Waals surface area contributed by atoms with E-state index in [1.165, 1.54) is 12.8 Å². The summed E-state index contributed by atoms with van der Waals surface area (Å²) in [5.74, 6) is 0. The number of anilines is 1. The van der Waals surface area contributed by atoms with Crippen LogP contribution in [0.2, 0.25) is 0 Å². The van der Waals surface area contributed by atoms with Crippen molar-refractivity contribution in [2.45, 2.75) is 32.7 Å². The third kappa shape index (κ3) is 5.42. The first-order chi connectivity index (χ1) is 7.18. The van der Waals surface area contributed by atoms with Gasteiger partial charge in [0, 0.05) is 25.8 Å². The Balaban J connectivity index is 1.98. The fourth-order valence-corrected chi connectivity index (χ4v) is 1.39. The van der Waals surface area contributed by atoms with Gasteiger partial charge in [0.25, 0.3) is 0 Å². The summed E-state index contributed by atoms with van der Waals surface area (Å²) in [5, 5.41) is 10.8. The van der Waals surface area contributed by atoms with Crippen LogP contribution in [-0.4, -0.2) is 28.9 Å². The molecule has 0 fully saturated rings. The highest BCUT2D eigenvalue weighted by atomic mass is 15.3. The average Bonchev–Trinajstić information content (AvgIpc) is 2.57. The number of unbranched alkanes of at least 4 members (excludes halogenated alkanes) is 1. The molecule has 1 heterocycles. The van der Waals surface area contributed by atoms with Crippen molar-refractivity contribution in [3.63, 3.8) is 0 Å². The molecule has 86 valence electrons. The maximum absolute atomic E-state index is 4.10. The normalized spacial score (nSPS) is 10.9. The van der Waals surface area contributed by atoms with Gasteiger partial charge in [0.15, 0.2) is 0 Å². The third-order valence-electron chi connectivity index (χ3n) is 2.19. The van der Waals surface area contributed by atoms with Crippen molar-refractivity contribution in [1.82, 2.24) is 15.1 Å². The molecule has 0 aliphatic heterocycles. The third-order valence-corrected chi connectivity index (χ3v) is 2.19. The minimum Gasteiger partial charge on any atom is -0.383 e. The highest BCUT2D eigenvalue weighted by molar-refractivity contribution is 5.37. The lowest BCUT2D eigenvalue weighted by Gasteiger charge is -2.07. The smallest absolute Gasteiger partial charge is 0.0726 e. The van der Waals surface area contributed by atoms with Crippen LogP contribution in [0.1, 0.15) is 26.7 Å². The lowest BCUT2D eigenvalue weighted by molar-refractivity contribution is 0.562. The van der Waals surface area contributed by atoms with Gasteiger partial charge < -0.3 is 10.6 Å². The molecule has 1 aromatic rings. The average molecular weight is 210 g/mol. The number of aryl methyl sites for hydroxylation is 1. The fourth-order valence-electron chi connectivity index (χ4n) is 1.39. The Bertz CT molecular complexity index is 267. The molecule has 0 radical (unpaired) electrons. The van der Waals surface area contributed by atoms with Crippen molar-refractivity contribution in [3.8, 4) is 0 Å². The van der Waals surface area contributed by atoms with E-state index in [0.717, 1.165) is 18.8 Å². The summed E-state index contributed by atoms with van der Waals surface area (Å²) in [4.78, 5) is 0. The Morgan fingerprint density at radius 2 is 2.07 bits per heavy atom. The monoisotopic (exact) mass is 210 g/mol. The van der Waals surface area contributed by atoms with E-state index in [1.54, 1.807) is 0 Å². The number of hydrogen-bond acceptors (Lipinski definition) is 3. The maximum Gasteiger partial charge on any atom is 0.0726 e. The van der Waals surface area contributed by atoms with Crippen molar-refractivity contribution in [1.29, 1.82) is 0 Å². The van der Waals surface area contributed by atoms with E-state index in [1.807, 2.05) is 24.1 Å². The van der Waals surface area contributed by atoms with Crippen LogP contribution in [0, 0.1) is 0 Å². The molecule has 4 heteroatoms. The van der Waals surface area contributed by atoms with Crippen LogP contribution in [0.3, 0.4) is 0 Å². The second kappa shape index (κ2) is 6.45. The van der Waals surface area contributed by atoms with Gasteiger partial charge in [-0.2, -0.15) is 5.10 Å². The molecule has 0 aliphatic carbocycles. The zero-order chi connectivity index (χ0) is 11.1. The minimum atomic E-state index is 0.594. The van der Waals surface area contributed by atoms with Gasteiger partial charge in [-0.15, -0.1) is 0 Å². The summed E-state index contributed by atoms with van der Waals surface area (Å²) in [6.45, 7) is 6.47. The summed E-state index contributed by atoms with van der Waals surface area (Å²) >= 11 is 0. The van der Waals surface area contributed by atoms with Crippen molar-refractivity contribution in [2.75, 3.05) is 18.4 Å². The molecular formula is C11H22N4. The van der Waals surface area contributed by atoms with E-state index in [4.69, 9.17) is 0 Å². The molecule has 4 nitrogen and oxygen atoms in total. The predicted octanol–water partition coefficient (Wildman–Crippen LogP) is 1.61. The number of hydrogen-bond donors (Lipinski definition) is 2. The summed E-state index contributed by atoms with van der Waals surface area (Å²) in [6.07, 6.45) is 6.25. The van der Waals surface area contributed by atoms with E-state index in [0.29, 0.717) is 6.04 Å². The maximum atomic E-state index is 4.10. The molecule has 0 saturated carbocycles. The zero-order valence-corrected chi connectivity index (χ0v) is 9.95. The van der Waals surface area contributed by atoms with Gasteiger partial charge in [0.1, 0.15) is 0 Å². The van der Waals surface area contributed by atoms with Crippen LogP contribution in [0.5, 0.6) is 0 Å². The van der Waals surface area contributed by atoms with E-state index in [9.17, 15) is 0 Å². The lowest BCUT2D eigenvalue weighted by atomic mass is 10.3. The molecule has 0 bridgehead atoms. The van der Waals surface area contributed by atoms with E-state index in [2.05, 4.69) is 29.6 Å². The van der Waals surface area contributed by atoms with Crippen molar-refractivity contribution in [2.24, 2.45) is 7.05 Å². The first-order valence-corrected chi connectivity index (χ1v) is 5.64. The molecule has 15 heavy (non-hydrogen) atoms. The predicted molar refractivity (Wildman–Crippen MR) is 64.1 cm³/mol. The highest BCUT2D eigenvalue weighted by Gasteiger charge is 1.95. The Labute approximate surface area is 92.1 Å². The molecule has 0 unspecified atom stereocenters. The molecule has 0 atom stereocenters. The van der Waals surface area contributed by atoms with Crippen LogP contribution >= 0.6 is 0 Å². The highest BCUT2D eigenvalue weighted by Crippen LogP contribution is 2.03. The van der Waals surface area contributed by atoms with Gasteiger partial charge in [-0.3, -0.25) is 4.68 Å². The summed E-state index contributed by atoms with van der Waals surface area (Å²) in [7, 11) is 1.93. The zero-order valence-electron chi connectivity index (χ0n) is 9.95. The Morgan fingerprint density at radius 1 is 1.33 bits per heavy atom. The summed E-state index contributed by atoms with van der Waals surface area (Å²) in [6, 6.07) is 0.594.